The van der Waals surface area contributed by atoms with Crippen molar-refractivity contribution in [2.45, 2.75) is 76.2 Å². The van der Waals surface area contributed by atoms with Crippen LogP contribution in [0.4, 0.5) is 16.0 Å². The first-order valence-corrected chi connectivity index (χ1v) is 13.2. The molecule has 36 heavy (non-hydrogen) atoms. The highest BCUT2D eigenvalue weighted by Crippen LogP contribution is 2.57. The molecule has 2 aromatic heterocycles. The summed E-state index contributed by atoms with van der Waals surface area (Å²) < 4.78 is 13.2. The van der Waals surface area contributed by atoms with Gasteiger partial charge in [0.25, 0.3) is 5.88 Å². The molecule has 2 aliphatic heterocycles. The standard InChI is InChI=1S/C26H31FN6O3/c27-18-7-8-22(28-14-18)29-23(34)16-31-24-11-20(17-5-2-1-3-6-17)30-33(24)35-21-15-32(36-25(21)31)19-12-26(13-19)9-4-10-26/h7-8,11,14,17,19H,1-6,9-10,12-13,15-16H2,(H,28,29,34). The highest BCUT2D eigenvalue weighted by Gasteiger charge is 2.53. The van der Waals surface area contributed by atoms with Gasteiger partial charge in [-0.15, -0.1) is 10.2 Å². The maximum Gasteiger partial charge on any atom is 0.264 e. The SMILES string of the molecule is O=C(CN1C2=C(CN(C3CC4(CCC4)C3)O2)On2nc(C3CCCCC3)cc21)Nc1ccc(F)cn1. The van der Waals surface area contributed by atoms with E-state index in [1.165, 1.54) is 50.7 Å². The maximum atomic E-state index is 13.2. The van der Waals surface area contributed by atoms with Gasteiger partial charge in [-0.3, -0.25) is 9.69 Å². The first-order valence-electron chi connectivity index (χ1n) is 13.2. The highest BCUT2D eigenvalue weighted by molar-refractivity contribution is 5.93. The smallest absolute Gasteiger partial charge is 0.264 e. The lowest BCUT2D eigenvalue weighted by Crippen LogP contribution is -2.53. The number of pyridine rings is 1. The summed E-state index contributed by atoms with van der Waals surface area (Å²) in [7, 11) is 0. The van der Waals surface area contributed by atoms with E-state index in [0.717, 1.165) is 37.6 Å². The second kappa shape index (κ2) is 8.47. The summed E-state index contributed by atoms with van der Waals surface area (Å²) in [5.74, 6) is 1.87. The van der Waals surface area contributed by atoms with E-state index in [1.807, 2.05) is 16.0 Å². The normalized spacial score (nSPS) is 23.4. The van der Waals surface area contributed by atoms with Crippen molar-refractivity contribution in [3.05, 3.63) is 47.5 Å². The van der Waals surface area contributed by atoms with E-state index in [-0.39, 0.29) is 12.5 Å². The van der Waals surface area contributed by atoms with Crippen molar-refractivity contribution in [3.63, 3.8) is 0 Å². The fourth-order valence-electron chi connectivity index (χ4n) is 6.46. The van der Waals surface area contributed by atoms with Crippen molar-refractivity contribution in [1.29, 1.82) is 0 Å². The number of hydrogen-bond donors (Lipinski definition) is 1. The van der Waals surface area contributed by atoms with Crippen LogP contribution in [-0.4, -0.2) is 45.0 Å². The molecule has 3 fully saturated rings. The number of nitrogens with zero attached hydrogens (tertiary/aromatic N) is 5. The minimum absolute atomic E-state index is 0.000502. The van der Waals surface area contributed by atoms with Gasteiger partial charge in [-0.25, -0.2) is 9.37 Å². The van der Waals surface area contributed by atoms with Crippen molar-refractivity contribution in [3.8, 4) is 0 Å². The summed E-state index contributed by atoms with van der Waals surface area (Å²) in [5, 5.41) is 9.56. The number of hydrogen-bond acceptors (Lipinski definition) is 7. The van der Waals surface area contributed by atoms with Crippen LogP contribution in [-0.2, 0) is 9.63 Å². The number of halogens is 1. The lowest BCUT2D eigenvalue weighted by molar-refractivity contribution is -0.189. The molecule has 0 radical (unpaired) electrons. The number of carbonyl (C=O) groups is 1. The Hall–Kier alpha value is -3.14. The van der Waals surface area contributed by atoms with Crippen LogP contribution in [0.1, 0.15) is 75.8 Å². The molecule has 0 unspecified atom stereocenters. The zero-order valence-corrected chi connectivity index (χ0v) is 20.3. The van der Waals surface area contributed by atoms with Gasteiger partial charge in [-0.1, -0.05) is 30.5 Å². The molecule has 1 N–H and O–H groups in total. The number of amides is 1. The van der Waals surface area contributed by atoms with Gasteiger partial charge < -0.3 is 15.0 Å². The molecule has 1 amide bonds. The molecule has 7 rings (SSSR count). The molecular formula is C26H31FN6O3. The Bertz CT molecular complexity index is 1190. The summed E-state index contributed by atoms with van der Waals surface area (Å²) >= 11 is 0. The van der Waals surface area contributed by atoms with E-state index in [9.17, 15) is 9.18 Å². The molecule has 0 atom stereocenters. The summed E-state index contributed by atoms with van der Waals surface area (Å²) in [4.78, 5) is 32.9. The van der Waals surface area contributed by atoms with Crippen LogP contribution in [0.15, 0.2) is 36.0 Å². The number of hydroxylamine groups is 2. The van der Waals surface area contributed by atoms with Gasteiger partial charge >= 0.3 is 0 Å². The minimum Gasteiger partial charge on any atom is -0.383 e. The van der Waals surface area contributed by atoms with Gasteiger partial charge in [0.05, 0.1) is 11.9 Å². The molecule has 10 heteroatoms. The fraction of sp³-hybridized carbons (Fsp3) is 0.577. The summed E-state index contributed by atoms with van der Waals surface area (Å²) in [5.41, 5.74) is 1.53. The largest absolute Gasteiger partial charge is 0.383 e. The summed E-state index contributed by atoms with van der Waals surface area (Å²) in [6.45, 7) is 0.533. The lowest BCUT2D eigenvalue weighted by Gasteiger charge is -2.55. The summed E-state index contributed by atoms with van der Waals surface area (Å²) in [6.07, 6.45) is 13.3. The Morgan fingerprint density at radius 3 is 2.69 bits per heavy atom. The second-order valence-corrected chi connectivity index (χ2v) is 11.0. The van der Waals surface area contributed by atoms with Crippen LogP contribution in [0.3, 0.4) is 0 Å². The van der Waals surface area contributed by atoms with Crippen LogP contribution in [0, 0.1) is 11.2 Å². The van der Waals surface area contributed by atoms with Gasteiger partial charge in [0.2, 0.25) is 11.7 Å². The molecule has 3 aliphatic carbocycles. The third-order valence-corrected chi connectivity index (χ3v) is 8.62. The van der Waals surface area contributed by atoms with Crippen molar-refractivity contribution in [2.24, 2.45) is 5.41 Å². The highest BCUT2D eigenvalue weighted by atomic mass is 19.1. The van der Waals surface area contributed by atoms with Crippen molar-refractivity contribution in [1.82, 2.24) is 20.0 Å². The van der Waals surface area contributed by atoms with Gasteiger partial charge in [-0.05, 0) is 56.1 Å². The molecule has 0 saturated heterocycles. The Morgan fingerprint density at radius 1 is 1.14 bits per heavy atom. The Labute approximate surface area is 209 Å². The number of nitrogens with one attached hydrogen (secondary N) is 1. The first kappa shape index (κ1) is 22.1. The monoisotopic (exact) mass is 494 g/mol. The maximum absolute atomic E-state index is 13.2. The molecule has 5 aliphatic rings. The quantitative estimate of drug-likeness (QED) is 0.670. The van der Waals surface area contributed by atoms with Crippen molar-refractivity contribution >= 4 is 17.5 Å². The van der Waals surface area contributed by atoms with Gasteiger partial charge in [0.1, 0.15) is 24.7 Å². The topological polar surface area (TPSA) is 84.8 Å². The molecule has 1 spiro atoms. The number of aromatic nitrogens is 3. The van der Waals surface area contributed by atoms with Crippen LogP contribution in [0.25, 0.3) is 0 Å². The molecule has 4 heterocycles. The van der Waals surface area contributed by atoms with Crippen molar-refractivity contribution in [2.75, 3.05) is 23.3 Å². The Balaban J connectivity index is 1.12. The second-order valence-electron chi connectivity index (χ2n) is 11.0. The molecule has 3 saturated carbocycles. The van der Waals surface area contributed by atoms with Gasteiger partial charge in [0, 0.05) is 18.0 Å². The predicted molar refractivity (Wildman–Crippen MR) is 129 cm³/mol. The lowest BCUT2D eigenvalue weighted by atomic mass is 9.54. The molecule has 0 aromatic carbocycles. The van der Waals surface area contributed by atoms with Crippen LogP contribution < -0.4 is 15.1 Å². The number of carbonyl (C=O) groups excluding carboxylic acids is 1. The third-order valence-electron chi connectivity index (χ3n) is 8.62. The van der Waals surface area contributed by atoms with E-state index < -0.39 is 5.82 Å². The average Bonchev–Trinajstić information content (AvgIpc) is 3.44. The molecule has 9 nitrogen and oxygen atoms in total. The Morgan fingerprint density at radius 2 is 1.97 bits per heavy atom. The Kier molecular flexibility index (Phi) is 5.20. The zero-order valence-electron chi connectivity index (χ0n) is 20.3. The van der Waals surface area contributed by atoms with E-state index in [2.05, 4.69) is 10.3 Å². The number of rotatable bonds is 5. The predicted octanol–water partition coefficient (Wildman–Crippen LogP) is 4.10. The van der Waals surface area contributed by atoms with Crippen LogP contribution >= 0.6 is 0 Å². The molecule has 0 bridgehead atoms. The summed E-state index contributed by atoms with van der Waals surface area (Å²) in [6, 6.07) is 5.11. The van der Waals surface area contributed by atoms with E-state index in [1.54, 1.807) is 4.85 Å². The van der Waals surface area contributed by atoms with Crippen molar-refractivity contribution < 1.29 is 18.9 Å². The average molecular weight is 495 g/mol. The number of anilines is 2. The van der Waals surface area contributed by atoms with Gasteiger partial charge in [0.15, 0.2) is 5.82 Å². The molecular weight excluding hydrogens is 463 g/mol. The third kappa shape index (κ3) is 3.82. The number of fused-ring (bicyclic) bond motifs is 1. The van der Waals surface area contributed by atoms with Crippen LogP contribution in [0.2, 0.25) is 0 Å². The molecule has 190 valence electrons. The van der Waals surface area contributed by atoms with E-state index >= 15 is 0 Å². The molecule has 2 aromatic rings. The first-order chi connectivity index (χ1) is 17.6. The minimum atomic E-state index is -0.450. The zero-order chi connectivity index (χ0) is 24.3. The fourth-order valence-corrected chi connectivity index (χ4v) is 6.46. The van der Waals surface area contributed by atoms with E-state index in [0.29, 0.717) is 47.2 Å². The van der Waals surface area contributed by atoms with Crippen LogP contribution in [0.5, 0.6) is 0 Å². The van der Waals surface area contributed by atoms with Gasteiger partial charge in [-0.2, -0.15) is 0 Å². The van der Waals surface area contributed by atoms with E-state index in [4.69, 9.17) is 14.8 Å².